The van der Waals surface area contributed by atoms with Crippen LogP contribution in [0.15, 0.2) is 6.07 Å². The lowest BCUT2D eigenvalue weighted by molar-refractivity contribution is 0.387. The van der Waals surface area contributed by atoms with Gasteiger partial charge in [0.05, 0.1) is 11.4 Å². The molecular formula is C13H24N4. The zero-order valence-corrected chi connectivity index (χ0v) is 11.2. The Bertz CT molecular complexity index is 358. The minimum Gasteiger partial charge on any atom is -0.311 e. The summed E-state index contributed by atoms with van der Waals surface area (Å²) < 4.78 is 1.99. The molecule has 0 spiro atoms. The van der Waals surface area contributed by atoms with Crippen molar-refractivity contribution in [3.8, 4) is 0 Å². The molecule has 1 aliphatic rings. The van der Waals surface area contributed by atoms with E-state index < -0.39 is 0 Å². The lowest BCUT2D eigenvalue weighted by Crippen LogP contribution is -2.25. The van der Waals surface area contributed by atoms with Gasteiger partial charge < -0.3 is 10.2 Å². The Kier molecular flexibility index (Phi) is 4.18. The zero-order chi connectivity index (χ0) is 12.3. The molecule has 0 saturated carbocycles. The minimum absolute atomic E-state index is 0.818. The Hall–Kier alpha value is -0.870. The highest BCUT2D eigenvalue weighted by atomic mass is 15.3. The fraction of sp³-hybridized carbons (Fsp3) is 0.769. The molecular weight excluding hydrogens is 212 g/mol. The molecule has 1 fully saturated rings. The van der Waals surface area contributed by atoms with Gasteiger partial charge in [-0.2, -0.15) is 5.10 Å². The van der Waals surface area contributed by atoms with Crippen LogP contribution in [0.4, 0.5) is 0 Å². The lowest BCUT2D eigenvalue weighted by Gasteiger charge is -2.11. The highest BCUT2D eigenvalue weighted by molar-refractivity contribution is 5.09. The van der Waals surface area contributed by atoms with Crippen LogP contribution >= 0.6 is 0 Å². The number of aromatic nitrogens is 2. The average Bonchev–Trinajstić information content (AvgIpc) is 2.86. The van der Waals surface area contributed by atoms with Crippen LogP contribution in [0.3, 0.4) is 0 Å². The van der Waals surface area contributed by atoms with E-state index in [1.165, 1.54) is 30.9 Å². The molecule has 2 heterocycles. The normalized spacial score (nSPS) is 21.2. The van der Waals surface area contributed by atoms with Crippen LogP contribution in [0.25, 0.3) is 0 Å². The maximum Gasteiger partial charge on any atom is 0.0625 e. The van der Waals surface area contributed by atoms with E-state index in [9.17, 15) is 0 Å². The quantitative estimate of drug-likeness (QED) is 0.829. The first kappa shape index (κ1) is 12.6. The van der Waals surface area contributed by atoms with Gasteiger partial charge in [-0.1, -0.05) is 6.92 Å². The first-order valence-electron chi connectivity index (χ1n) is 6.60. The molecule has 1 unspecified atom stereocenters. The summed E-state index contributed by atoms with van der Waals surface area (Å²) in [7, 11) is 4.23. The van der Waals surface area contributed by atoms with Crippen molar-refractivity contribution in [1.29, 1.82) is 0 Å². The lowest BCUT2D eigenvalue weighted by atomic mass is 10.1. The summed E-state index contributed by atoms with van der Waals surface area (Å²) in [5.74, 6) is 0.818. The van der Waals surface area contributed by atoms with Crippen LogP contribution in [0, 0.1) is 5.92 Å². The minimum atomic E-state index is 0.818. The third-order valence-electron chi connectivity index (χ3n) is 3.62. The summed E-state index contributed by atoms with van der Waals surface area (Å²) in [4.78, 5) is 2.41. The first-order chi connectivity index (χ1) is 8.19. The van der Waals surface area contributed by atoms with Crippen molar-refractivity contribution in [1.82, 2.24) is 20.0 Å². The highest BCUT2D eigenvalue weighted by Gasteiger charge is 2.18. The molecule has 0 aliphatic carbocycles. The predicted octanol–water partition coefficient (Wildman–Crippen LogP) is 1.02. The molecule has 0 amide bonds. The molecule has 1 aromatic heterocycles. The van der Waals surface area contributed by atoms with Crippen molar-refractivity contribution in [3.63, 3.8) is 0 Å². The number of aryl methyl sites for hydroxylation is 2. The summed E-state index contributed by atoms with van der Waals surface area (Å²) in [6.07, 6.45) is 2.34. The molecule has 1 aliphatic heterocycles. The Morgan fingerprint density at radius 2 is 2.29 bits per heavy atom. The second kappa shape index (κ2) is 5.65. The van der Waals surface area contributed by atoms with Gasteiger partial charge in [0.2, 0.25) is 0 Å². The van der Waals surface area contributed by atoms with Gasteiger partial charge in [-0.15, -0.1) is 0 Å². The molecule has 1 atom stereocenters. The standard InChI is InChI=1S/C13H24N4/c1-4-12-7-13(17(3)15-12)9-14-8-11-5-6-16(2)10-11/h7,11,14H,4-6,8-10H2,1-3H3. The third kappa shape index (κ3) is 3.30. The zero-order valence-electron chi connectivity index (χ0n) is 11.2. The summed E-state index contributed by atoms with van der Waals surface area (Å²) in [6.45, 7) is 6.69. The van der Waals surface area contributed by atoms with Gasteiger partial charge in [0, 0.05) is 20.1 Å². The topological polar surface area (TPSA) is 33.1 Å². The van der Waals surface area contributed by atoms with E-state index in [0.29, 0.717) is 0 Å². The molecule has 4 nitrogen and oxygen atoms in total. The monoisotopic (exact) mass is 236 g/mol. The number of likely N-dealkylation sites (tertiary alicyclic amines) is 1. The summed E-state index contributed by atoms with van der Waals surface area (Å²) in [5, 5.41) is 8.01. The van der Waals surface area contributed by atoms with Crippen LogP contribution in [-0.2, 0) is 20.0 Å². The average molecular weight is 236 g/mol. The van der Waals surface area contributed by atoms with Crippen molar-refractivity contribution in [2.75, 3.05) is 26.7 Å². The molecule has 2 rings (SSSR count). The molecule has 96 valence electrons. The number of hydrogen-bond donors (Lipinski definition) is 1. The largest absolute Gasteiger partial charge is 0.311 e. The van der Waals surface area contributed by atoms with Gasteiger partial charge in [-0.25, -0.2) is 0 Å². The van der Waals surface area contributed by atoms with Crippen LogP contribution in [0.1, 0.15) is 24.7 Å². The Morgan fingerprint density at radius 3 is 2.88 bits per heavy atom. The molecule has 4 heteroatoms. The van der Waals surface area contributed by atoms with Gasteiger partial charge in [0.15, 0.2) is 0 Å². The summed E-state index contributed by atoms with van der Waals surface area (Å²) in [5.41, 5.74) is 2.47. The summed E-state index contributed by atoms with van der Waals surface area (Å²) in [6, 6.07) is 2.20. The van der Waals surface area contributed by atoms with E-state index >= 15 is 0 Å². The SMILES string of the molecule is CCc1cc(CNCC2CCN(C)C2)n(C)n1. The predicted molar refractivity (Wildman–Crippen MR) is 69.9 cm³/mol. The molecule has 0 aromatic carbocycles. The fourth-order valence-corrected chi connectivity index (χ4v) is 2.51. The smallest absolute Gasteiger partial charge is 0.0625 e. The molecule has 0 radical (unpaired) electrons. The molecule has 17 heavy (non-hydrogen) atoms. The van der Waals surface area contributed by atoms with E-state index in [2.05, 4.69) is 35.4 Å². The third-order valence-corrected chi connectivity index (χ3v) is 3.62. The maximum absolute atomic E-state index is 4.46. The Labute approximate surface area is 104 Å². The fourth-order valence-electron chi connectivity index (χ4n) is 2.51. The van der Waals surface area contributed by atoms with Crippen molar-refractivity contribution < 1.29 is 0 Å². The molecule has 1 saturated heterocycles. The number of nitrogens with one attached hydrogen (secondary N) is 1. The van der Waals surface area contributed by atoms with Crippen molar-refractivity contribution in [3.05, 3.63) is 17.5 Å². The second-order valence-corrected chi connectivity index (χ2v) is 5.15. The van der Waals surface area contributed by atoms with Gasteiger partial charge >= 0.3 is 0 Å². The summed E-state index contributed by atoms with van der Waals surface area (Å²) >= 11 is 0. The van der Waals surface area contributed by atoms with Crippen molar-refractivity contribution in [2.24, 2.45) is 13.0 Å². The van der Waals surface area contributed by atoms with E-state index in [1.54, 1.807) is 0 Å². The maximum atomic E-state index is 4.46. The van der Waals surface area contributed by atoms with Crippen LogP contribution in [0.5, 0.6) is 0 Å². The molecule has 1 N–H and O–H groups in total. The van der Waals surface area contributed by atoms with Gasteiger partial charge in [0.1, 0.15) is 0 Å². The number of hydrogen-bond acceptors (Lipinski definition) is 3. The van der Waals surface area contributed by atoms with Gasteiger partial charge in [-0.05, 0) is 45.0 Å². The van der Waals surface area contributed by atoms with Gasteiger partial charge in [0.25, 0.3) is 0 Å². The van der Waals surface area contributed by atoms with Gasteiger partial charge in [-0.3, -0.25) is 4.68 Å². The van der Waals surface area contributed by atoms with E-state index in [0.717, 1.165) is 25.4 Å². The Balaban J connectivity index is 1.76. The Morgan fingerprint density at radius 1 is 1.47 bits per heavy atom. The van der Waals surface area contributed by atoms with Crippen LogP contribution in [-0.4, -0.2) is 41.4 Å². The van der Waals surface area contributed by atoms with E-state index in [1.807, 2.05) is 11.7 Å². The van der Waals surface area contributed by atoms with Crippen LogP contribution < -0.4 is 5.32 Å². The first-order valence-corrected chi connectivity index (χ1v) is 6.60. The molecule has 0 bridgehead atoms. The second-order valence-electron chi connectivity index (χ2n) is 5.15. The highest BCUT2D eigenvalue weighted by Crippen LogP contribution is 2.13. The van der Waals surface area contributed by atoms with Crippen molar-refractivity contribution >= 4 is 0 Å². The van der Waals surface area contributed by atoms with E-state index in [-0.39, 0.29) is 0 Å². The van der Waals surface area contributed by atoms with Crippen molar-refractivity contribution in [2.45, 2.75) is 26.3 Å². The van der Waals surface area contributed by atoms with Crippen LogP contribution in [0.2, 0.25) is 0 Å². The van der Waals surface area contributed by atoms with E-state index in [4.69, 9.17) is 0 Å². The molecule has 1 aromatic rings. The number of nitrogens with zero attached hydrogens (tertiary/aromatic N) is 3. The number of rotatable bonds is 5.